The van der Waals surface area contributed by atoms with Crippen molar-refractivity contribution >= 4 is 5.97 Å². The number of aliphatic hydroxyl groups excluding tert-OH is 4. The van der Waals surface area contributed by atoms with E-state index in [-0.39, 0.29) is 0 Å². The molecule has 94 valence electrons. The fourth-order valence-electron chi connectivity index (χ4n) is 1.59. The zero-order valence-corrected chi connectivity index (χ0v) is 8.30. The quantitative estimate of drug-likeness (QED) is 0.291. The summed E-state index contributed by atoms with van der Waals surface area (Å²) in [5.41, 5.74) is 5.24. The third-order valence-corrected chi connectivity index (χ3v) is 2.54. The molecule has 0 aromatic carbocycles. The number of nitrogens with two attached hydrogens (primary N) is 1. The maximum Gasteiger partial charge on any atom is 0.323 e. The Kier molecular flexibility index (Phi) is 4.19. The maximum absolute atomic E-state index is 10.6. The van der Waals surface area contributed by atoms with Crippen LogP contribution in [-0.4, -0.2) is 74.7 Å². The van der Waals surface area contributed by atoms with Gasteiger partial charge in [-0.05, 0) is 0 Å². The topological polar surface area (TPSA) is 153 Å². The van der Waals surface area contributed by atoms with E-state index in [4.69, 9.17) is 20.7 Å². The maximum atomic E-state index is 10.6. The molecule has 0 aromatic rings. The number of carboxylic acids is 1. The molecule has 1 aliphatic rings. The Morgan fingerprint density at radius 3 is 2.25 bits per heavy atom. The van der Waals surface area contributed by atoms with Gasteiger partial charge in [0.25, 0.3) is 0 Å². The minimum atomic E-state index is -1.52. The Balaban J connectivity index is 2.75. The predicted octanol–water partition coefficient (Wildman–Crippen LogP) is -3.76. The van der Waals surface area contributed by atoms with Crippen molar-refractivity contribution in [2.75, 3.05) is 6.61 Å². The second-order valence-corrected chi connectivity index (χ2v) is 3.66. The molecular formula is C8H15NO7. The van der Waals surface area contributed by atoms with Gasteiger partial charge in [0.15, 0.2) is 0 Å². The van der Waals surface area contributed by atoms with Crippen LogP contribution < -0.4 is 5.73 Å². The number of ether oxygens (including phenoxy) is 1. The molecule has 16 heavy (non-hydrogen) atoms. The molecule has 6 atom stereocenters. The van der Waals surface area contributed by atoms with Gasteiger partial charge in [0.05, 0.1) is 6.61 Å². The van der Waals surface area contributed by atoms with E-state index < -0.39 is 49.1 Å². The molecule has 7 N–H and O–H groups in total. The van der Waals surface area contributed by atoms with Crippen molar-refractivity contribution in [2.24, 2.45) is 5.73 Å². The van der Waals surface area contributed by atoms with Crippen LogP contribution in [0.25, 0.3) is 0 Å². The van der Waals surface area contributed by atoms with Crippen LogP contribution in [0.1, 0.15) is 0 Å². The highest BCUT2D eigenvalue weighted by atomic mass is 16.6. The third-order valence-electron chi connectivity index (χ3n) is 2.54. The molecule has 0 bridgehead atoms. The molecule has 1 saturated heterocycles. The lowest BCUT2D eigenvalue weighted by Gasteiger charge is -2.19. The summed E-state index contributed by atoms with van der Waals surface area (Å²) in [7, 11) is 0. The van der Waals surface area contributed by atoms with Gasteiger partial charge in [-0.1, -0.05) is 0 Å². The van der Waals surface area contributed by atoms with Crippen molar-refractivity contribution in [1.29, 1.82) is 0 Å². The van der Waals surface area contributed by atoms with Crippen LogP contribution in [0.4, 0.5) is 0 Å². The van der Waals surface area contributed by atoms with Gasteiger partial charge in [-0.15, -0.1) is 0 Å². The van der Waals surface area contributed by atoms with Gasteiger partial charge in [0, 0.05) is 0 Å². The smallest absolute Gasteiger partial charge is 0.323 e. The van der Waals surface area contributed by atoms with Crippen molar-refractivity contribution in [3.05, 3.63) is 0 Å². The van der Waals surface area contributed by atoms with E-state index in [2.05, 4.69) is 0 Å². The largest absolute Gasteiger partial charge is 0.480 e. The number of carboxylic acid groups (broad SMARTS) is 1. The monoisotopic (exact) mass is 237 g/mol. The molecule has 0 aliphatic carbocycles. The SMILES string of the molecule is NC(C(=O)O)C1OC([C@H](O)CO)C(O)C1O. The summed E-state index contributed by atoms with van der Waals surface area (Å²) in [5.74, 6) is -1.39. The minimum absolute atomic E-state index is 0.677. The summed E-state index contributed by atoms with van der Waals surface area (Å²) in [6, 6.07) is -1.51. The molecule has 1 heterocycles. The fourth-order valence-corrected chi connectivity index (χ4v) is 1.59. The molecule has 0 amide bonds. The van der Waals surface area contributed by atoms with Gasteiger partial charge in [0.2, 0.25) is 0 Å². The van der Waals surface area contributed by atoms with E-state index in [1.165, 1.54) is 0 Å². The lowest BCUT2D eigenvalue weighted by Crippen LogP contribution is -2.48. The molecule has 1 fully saturated rings. The van der Waals surface area contributed by atoms with Crippen molar-refractivity contribution in [3.8, 4) is 0 Å². The molecule has 1 rings (SSSR count). The first kappa shape index (κ1) is 13.3. The fraction of sp³-hybridized carbons (Fsp3) is 0.875. The van der Waals surface area contributed by atoms with Gasteiger partial charge in [-0.3, -0.25) is 4.79 Å². The van der Waals surface area contributed by atoms with Crippen molar-refractivity contribution < 1.29 is 35.1 Å². The number of hydrogen-bond acceptors (Lipinski definition) is 7. The van der Waals surface area contributed by atoms with Gasteiger partial charge in [-0.2, -0.15) is 0 Å². The standard InChI is InChI=1S/C8H15NO7/c9-3(8(14)15)7-5(13)4(12)6(16-7)2(11)1-10/h2-7,10-13H,1,9H2,(H,14,15)/t2-,3?,4?,5?,6?,7?/m1/s1. The zero-order valence-electron chi connectivity index (χ0n) is 8.30. The molecule has 8 heteroatoms. The van der Waals surface area contributed by atoms with E-state index in [0.29, 0.717) is 0 Å². The van der Waals surface area contributed by atoms with Crippen LogP contribution in [0, 0.1) is 0 Å². The van der Waals surface area contributed by atoms with Gasteiger partial charge in [0.1, 0.15) is 36.6 Å². The summed E-state index contributed by atoms with van der Waals surface area (Å²) in [4.78, 5) is 10.6. The number of rotatable bonds is 4. The average molecular weight is 237 g/mol. The summed E-state index contributed by atoms with van der Waals surface area (Å²) in [6.45, 7) is -0.677. The molecule has 0 aromatic heterocycles. The highest BCUT2D eigenvalue weighted by molar-refractivity contribution is 5.74. The number of aliphatic hydroxyl groups is 4. The second kappa shape index (κ2) is 5.04. The Morgan fingerprint density at radius 2 is 1.81 bits per heavy atom. The van der Waals surface area contributed by atoms with Crippen LogP contribution in [0.2, 0.25) is 0 Å². The van der Waals surface area contributed by atoms with Crippen LogP contribution >= 0.6 is 0 Å². The lowest BCUT2D eigenvalue weighted by molar-refractivity contribution is -0.145. The van der Waals surface area contributed by atoms with Crippen LogP contribution in [0.5, 0.6) is 0 Å². The highest BCUT2D eigenvalue weighted by Crippen LogP contribution is 2.25. The van der Waals surface area contributed by atoms with Crippen LogP contribution in [-0.2, 0) is 9.53 Å². The molecule has 0 radical (unpaired) electrons. The molecule has 8 nitrogen and oxygen atoms in total. The van der Waals surface area contributed by atoms with Crippen molar-refractivity contribution in [3.63, 3.8) is 0 Å². The zero-order chi connectivity index (χ0) is 12.5. The minimum Gasteiger partial charge on any atom is -0.480 e. The highest BCUT2D eigenvalue weighted by Gasteiger charge is 2.49. The van der Waals surface area contributed by atoms with E-state index in [9.17, 15) is 20.1 Å². The normalized spacial score (nSPS) is 38.3. The first-order valence-electron chi connectivity index (χ1n) is 4.69. The number of carbonyl (C=O) groups is 1. The molecule has 0 spiro atoms. The van der Waals surface area contributed by atoms with Gasteiger partial charge < -0.3 is 36.0 Å². The Labute approximate surface area is 90.9 Å². The summed E-state index contributed by atoms with van der Waals surface area (Å²) < 4.78 is 4.95. The van der Waals surface area contributed by atoms with E-state index in [1.54, 1.807) is 0 Å². The van der Waals surface area contributed by atoms with Crippen LogP contribution in [0.15, 0.2) is 0 Å². The third kappa shape index (κ3) is 2.32. The first-order chi connectivity index (χ1) is 7.40. The Bertz CT molecular complexity index is 261. The second-order valence-electron chi connectivity index (χ2n) is 3.66. The van der Waals surface area contributed by atoms with E-state index >= 15 is 0 Å². The Morgan fingerprint density at radius 1 is 1.31 bits per heavy atom. The summed E-state index contributed by atoms with van der Waals surface area (Å²) in [5, 5.41) is 45.5. The summed E-state index contributed by atoms with van der Waals surface area (Å²) in [6.07, 6.45) is -6.99. The predicted molar refractivity (Wildman–Crippen MR) is 49.4 cm³/mol. The Hall–Kier alpha value is -0.770. The van der Waals surface area contributed by atoms with E-state index in [0.717, 1.165) is 0 Å². The van der Waals surface area contributed by atoms with Gasteiger partial charge >= 0.3 is 5.97 Å². The van der Waals surface area contributed by atoms with Gasteiger partial charge in [-0.25, -0.2) is 0 Å². The molecule has 1 aliphatic heterocycles. The molecular weight excluding hydrogens is 222 g/mol. The van der Waals surface area contributed by atoms with Crippen LogP contribution in [0.3, 0.4) is 0 Å². The van der Waals surface area contributed by atoms with E-state index in [1.807, 2.05) is 0 Å². The lowest BCUT2D eigenvalue weighted by atomic mass is 10.0. The molecule has 5 unspecified atom stereocenters. The summed E-state index contributed by atoms with van der Waals surface area (Å²) >= 11 is 0. The first-order valence-corrected chi connectivity index (χ1v) is 4.69. The van der Waals surface area contributed by atoms with Crippen molar-refractivity contribution in [2.45, 2.75) is 36.6 Å². The van der Waals surface area contributed by atoms with Crippen molar-refractivity contribution in [1.82, 2.24) is 0 Å². The number of aliphatic carboxylic acids is 1. The molecule has 0 saturated carbocycles. The average Bonchev–Trinajstić information content (AvgIpc) is 2.54. The number of hydrogen-bond donors (Lipinski definition) is 6.